The lowest BCUT2D eigenvalue weighted by Crippen LogP contribution is -2.53. The van der Waals surface area contributed by atoms with E-state index in [2.05, 4.69) is 43.5 Å². The molecule has 2 atom stereocenters. The molecular formula is C19H28N6O2. The van der Waals surface area contributed by atoms with E-state index >= 15 is 0 Å². The SMILES string of the molecule is CCCN1C(=O)N2C[C@H](C(C)(C)C)NC2=C2NC(c3c(C)noc3C)=NC21. The largest absolute Gasteiger partial charge is 0.365 e. The van der Waals surface area contributed by atoms with E-state index in [4.69, 9.17) is 9.52 Å². The van der Waals surface area contributed by atoms with Gasteiger partial charge in [0.2, 0.25) is 0 Å². The molecule has 3 aliphatic heterocycles. The van der Waals surface area contributed by atoms with Crippen molar-refractivity contribution in [3.8, 4) is 0 Å². The van der Waals surface area contributed by atoms with Crippen molar-refractivity contribution in [3.63, 3.8) is 0 Å². The number of carbonyl (C=O) groups is 1. The van der Waals surface area contributed by atoms with Crippen LogP contribution in [0.4, 0.5) is 4.79 Å². The Morgan fingerprint density at radius 1 is 1.30 bits per heavy atom. The van der Waals surface area contributed by atoms with Crippen LogP contribution in [0.15, 0.2) is 21.0 Å². The monoisotopic (exact) mass is 372 g/mol. The van der Waals surface area contributed by atoms with Gasteiger partial charge in [-0.15, -0.1) is 0 Å². The second-order valence-electron chi connectivity index (χ2n) is 8.59. The van der Waals surface area contributed by atoms with Gasteiger partial charge in [0.15, 0.2) is 6.17 Å². The van der Waals surface area contributed by atoms with E-state index in [9.17, 15) is 4.79 Å². The van der Waals surface area contributed by atoms with Crippen LogP contribution in [0.3, 0.4) is 0 Å². The number of rotatable bonds is 3. The van der Waals surface area contributed by atoms with Crippen LogP contribution < -0.4 is 10.6 Å². The van der Waals surface area contributed by atoms with Gasteiger partial charge in [0.1, 0.15) is 23.1 Å². The minimum Gasteiger partial charge on any atom is -0.365 e. The first-order chi connectivity index (χ1) is 12.7. The highest BCUT2D eigenvalue weighted by Gasteiger charge is 2.48. The summed E-state index contributed by atoms with van der Waals surface area (Å²) in [6, 6.07) is 0.210. The third kappa shape index (κ3) is 2.69. The summed E-state index contributed by atoms with van der Waals surface area (Å²) in [5.74, 6) is 2.29. The first kappa shape index (κ1) is 17.9. The molecule has 2 amide bonds. The number of nitrogens with zero attached hydrogens (tertiary/aromatic N) is 4. The highest BCUT2D eigenvalue weighted by atomic mass is 16.5. The Kier molecular flexibility index (Phi) is 3.98. The highest BCUT2D eigenvalue weighted by Crippen LogP contribution is 2.35. The van der Waals surface area contributed by atoms with Gasteiger partial charge in [-0.1, -0.05) is 32.9 Å². The van der Waals surface area contributed by atoms with E-state index in [1.807, 2.05) is 23.6 Å². The summed E-state index contributed by atoms with van der Waals surface area (Å²) in [6.45, 7) is 13.8. The summed E-state index contributed by atoms with van der Waals surface area (Å²) in [7, 11) is 0. The fraction of sp³-hybridized carbons (Fsp3) is 0.632. The van der Waals surface area contributed by atoms with Crippen LogP contribution in [0.2, 0.25) is 0 Å². The van der Waals surface area contributed by atoms with E-state index in [-0.39, 0.29) is 23.7 Å². The molecule has 0 aromatic carbocycles. The Bertz CT molecular complexity index is 827. The molecule has 8 nitrogen and oxygen atoms in total. The number of carbonyl (C=O) groups excluding carboxylic acids is 1. The molecular weight excluding hydrogens is 344 g/mol. The van der Waals surface area contributed by atoms with Gasteiger partial charge in [-0.2, -0.15) is 0 Å². The van der Waals surface area contributed by atoms with Crippen molar-refractivity contribution >= 4 is 11.9 Å². The summed E-state index contributed by atoms with van der Waals surface area (Å²) < 4.78 is 5.31. The molecule has 0 aliphatic carbocycles. The maximum atomic E-state index is 13.2. The van der Waals surface area contributed by atoms with E-state index in [0.29, 0.717) is 13.1 Å². The standard InChI is InChI=1S/C19H28N6O2/c1-7-8-24-17-14(21-15(22-17)13-10(2)23-27-11(13)3)16-20-12(19(4,5)6)9-25(16)18(24)26/h12,17,20H,7-9H2,1-6H3,(H,21,22)/t12-,17?/m1/s1. The second kappa shape index (κ2) is 6.00. The highest BCUT2D eigenvalue weighted by molar-refractivity contribution is 6.04. The fourth-order valence-electron chi connectivity index (χ4n) is 3.93. The maximum absolute atomic E-state index is 13.2. The quantitative estimate of drug-likeness (QED) is 0.850. The van der Waals surface area contributed by atoms with E-state index in [1.165, 1.54) is 0 Å². The molecule has 1 fully saturated rings. The molecule has 3 aliphatic rings. The van der Waals surface area contributed by atoms with Gasteiger partial charge in [-0.3, -0.25) is 9.80 Å². The first-order valence-electron chi connectivity index (χ1n) is 9.59. The van der Waals surface area contributed by atoms with Crippen LogP contribution in [0.5, 0.6) is 0 Å². The Hall–Kier alpha value is -2.51. The number of hydrogen-bond acceptors (Lipinski definition) is 6. The van der Waals surface area contributed by atoms with Crippen LogP contribution in [-0.2, 0) is 0 Å². The molecule has 0 bridgehead atoms. The normalized spacial score (nSPS) is 24.7. The molecule has 27 heavy (non-hydrogen) atoms. The Morgan fingerprint density at radius 3 is 2.63 bits per heavy atom. The van der Waals surface area contributed by atoms with Crippen LogP contribution in [0, 0.1) is 19.3 Å². The Labute approximate surface area is 159 Å². The molecule has 0 radical (unpaired) electrons. The smallest absolute Gasteiger partial charge is 0.327 e. The van der Waals surface area contributed by atoms with E-state index in [0.717, 1.165) is 40.8 Å². The van der Waals surface area contributed by atoms with Crippen molar-refractivity contribution in [2.45, 2.75) is 60.2 Å². The van der Waals surface area contributed by atoms with Crippen molar-refractivity contribution in [2.75, 3.05) is 13.1 Å². The molecule has 1 aromatic rings. The van der Waals surface area contributed by atoms with Gasteiger partial charge in [-0.25, -0.2) is 9.79 Å². The lowest BCUT2D eigenvalue weighted by molar-refractivity contribution is 0.144. The number of fused-ring (bicyclic) bond motifs is 2. The molecule has 1 saturated heterocycles. The van der Waals surface area contributed by atoms with Crippen molar-refractivity contribution in [2.24, 2.45) is 10.4 Å². The number of urea groups is 1. The third-order valence-electron chi connectivity index (χ3n) is 5.52. The molecule has 0 saturated carbocycles. The molecule has 4 heterocycles. The molecule has 146 valence electrons. The zero-order valence-electron chi connectivity index (χ0n) is 16.9. The predicted octanol–water partition coefficient (Wildman–Crippen LogP) is 2.30. The number of aryl methyl sites for hydroxylation is 2. The topological polar surface area (TPSA) is 86.0 Å². The van der Waals surface area contributed by atoms with Crippen molar-refractivity contribution in [1.29, 1.82) is 0 Å². The molecule has 2 N–H and O–H groups in total. The van der Waals surface area contributed by atoms with Gasteiger partial charge in [-0.05, 0) is 25.7 Å². The van der Waals surface area contributed by atoms with E-state index < -0.39 is 0 Å². The van der Waals surface area contributed by atoms with Gasteiger partial charge >= 0.3 is 6.03 Å². The summed E-state index contributed by atoms with van der Waals surface area (Å²) in [4.78, 5) is 21.8. The number of aliphatic imine (C=N–C) groups is 1. The number of nitrogens with one attached hydrogen (secondary N) is 2. The van der Waals surface area contributed by atoms with Crippen LogP contribution in [0.25, 0.3) is 0 Å². The molecule has 0 spiro atoms. The zero-order chi connectivity index (χ0) is 19.5. The molecule has 4 rings (SSSR count). The summed E-state index contributed by atoms with van der Waals surface area (Å²) in [5.41, 5.74) is 2.64. The molecule has 1 unspecified atom stereocenters. The second-order valence-corrected chi connectivity index (χ2v) is 8.59. The van der Waals surface area contributed by atoms with E-state index in [1.54, 1.807) is 0 Å². The Morgan fingerprint density at radius 2 is 2.04 bits per heavy atom. The third-order valence-corrected chi connectivity index (χ3v) is 5.52. The number of amidine groups is 1. The van der Waals surface area contributed by atoms with Crippen molar-refractivity contribution in [1.82, 2.24) is 25.6 Å². The molecule has 1 aromatic heterocycles. The summed E-state index contributed by atoms with van der Waals surface area (Å²) in [5, 5.41) is 11.1. The Balaban J connectivity index is 1.77. The van der Waals surface area contributed by atoms with Gasteiger partial charge in [0.25, 0.3) is 0 Å². The zero-order valence-corrected chi connectivity index (χ0v) is 16.9. The minimum absolute atomic E-state index is 0.0189. The molecule has 8 heteroatoms. The van der Waals surface area contributed by atoms with Gasteiger partial charge in [0, 0.05) is 13.1 Å². The van der Waals surface area contributed by atoms with Crippen molar-refractivity contribution < 1.29 is 9.32 Å². The average molecular weight is 372 g/mol. The van der Waals surface area contributed by atoms with Crippen molar-refractivity contribution in [3.05, 3.63) is 28.5 Å². The summed E-state index contributed by atoms with van der Waals surface area (Å²) in [6.07, 6.45) is 0.545. The number of amides is 2. The number of aromatic nitrogens is 1. The average Bonchev–Trinajstić information content (AvgIpc) is 3.27. The first-order valence-corrected chi connectivity index (χ1v) is 9.59. The van der Waals surface area contributed by atoms with Crippen LogP contribution >= 0.6 is 0 Å². The number of hydrogen-bond donors (Lipinski definition) is 2. The van der Waals surface area contributed by atoms with Gasteiger partial charge < -0.3 is 15.2 Å². The van der Waals surface area contributed by atoms with Crippen LogP contribution in [-0.4, -0.2) is 52.1 Å². The lowest BCUT2D eigenvalue weighted by atomic mass is 9.87. The predicted molar refractivity (Wildman–Crippen MR) is 102 cm³/mol. The fourth-order valence-corrected chi connectivity index (χ4v) is 3.93. The lowest BCUT2D eigenvalue weighted by Gasteiger charge is -2.36. The maximum Gasteiger partial charge on any atom is 0.327 e. The minimum atomic E-state index is -0.335. The van der Waals surface area contributed by atoms with Gasteiger partial charge in [0.05, 0.1) is 17.3 Å². The summed E-state index contributed by atoms with van der Waals surface area (Å²) >= 11 is 0. The van der Waals surface area contributed by atoms with Crippen LogP contribution in [0.1, 0.15) is 51.1 Å².